The van der Waals surface area contributed by atoms with E-state index in [2.05, 4.69) is 5.32 Å². The topological polar surface area (TPSA) is 409 Å². The standard InChI is InChI=1S/C100H140N18O12/c1-75(82-39-15-8-16-40-82)107-63-90(120)108(58-34-29-53-101)66-96(126)117(80(6)87-49-25-13-26-50-87)73-99(129)115(78(4)85-45-21-11-22-46-85)71-92(122)109(59-35-30-54-102)65-91(121)110(60-36-31-55-103)68-97(127)114(77(3)84-43-19-10-20-44-84)70-93(123)112(62-38-33-57-105)69-98(128)118(81(7)88-51-27-14-28-52-88)74-100(130)116(79(5)86-47-23-12-24-48-86)72-94(124)111(61-37-32-56-104)67-95(125)113(64-89(106)119)76(2)83-41-17-9-18-42-83/h8-28,39-52,75-81,107H,29-38,53-74,101-105H2,1-7H3,(H2,106,119)/t75-,76-,77-,78-,79-,80-,81-/m0/s1. The summed E-state index contributed by atoms with van der Waals surface area (Å²) in [7, 11) is 0. The van der Waals surface area contributed by atoms with Crippen LogP contribution in [-0.2, 0) is 57.5 Å². The maximum Gasteiger partial charge on any atom is 0.243 e. The van der Waals surface area contributed by atoms with Crippen LogP contribution in [0.3, 0.4) is 0 Å². The fourth-order valence-electron chi connectivity index (χ4n) is 15.7. The molecule has 7 aromatic rings. The molecule has 30 nitrogen and oxygen atoms in total. The summed E-state index contributed by atoms with van der Waals surface area (Å²) in [6, 6.07) is 59.3. The molecular weight excluding hydrogens is 1650 g/mol. The summed E-state index contributed by atoms with van der Waals surface area (Å²) in [6.45, 7) is 8.27. The molecule has 30 heteroatoms. The average Bonchev–Trinajstić information content (AvgIpc) is 0.819. The van der Waals surface area contributed by atoms with E-state index in [1.165, 1.54) is 53.9 Å². The van der Waals surface area contributed by atoms with Gasteiger partial charge in [0.15, 0.2) is 0 Å². The highest BCUT2D eigenvalue weighted by Crippen LogP contribution is 2.30. The van der Waals surface area contributed by atoms with Crippen molar-refractivity contribution < 1.29 is 57.5 Å². The predicted molar refractivity (Wildman–Crippen MR) is 506 cm³/mol. The van der Waals surface area contributed by atoms with E-state index >= 15 is 43.2 Å². The molecule has 0 heterocycles. The molecule has 702 valence electrons. The van der Waals surface area contributed by atoms with E-state index < -0.39 is 167 Å². The molecular formula is C100H140N18O12. The lowest BCUT2D eigenvalue weighted by Gasteiger charge is -2.37. The fourth-order valence-corrected chi connectivity index (χ4v) is 15.7. The molecule has 0 bridgehead atoms. The molecule has 7 atom stereocenters. The van der Waals surface area contributed by atoms with E-state index in [0.717, 1.165) is 11.1 Å². The first kappa shape index (κ1) is 105. The quantitative estimate of drug-likeness (QED) is 0.0177. The first-order valence-corrected chi connectivity index (χ1v) is 45.7. The molecule has 0 unspecified atom stereocenters. The predicted octanol–water partition coefficient (Wildman–Crippen LogP) is 8.20. The van der Waals surface area contributed by atoms with Crippen LogP contribution in [0, 0.1) is 0 Å². The van der Waals surface area contributed by atoms with Crippen molar-refractivity contribution in [1.82, 2.24) is 59.2 Å². The number of unbranched alkanes of at least 4 members (excludes halogenated alkanes) is 5. The van der Waals surface area contributed by atoms with E-state index in [9.17, 15) is 14.4 Å². The molecule has 0 saturated heterocycles. The molecule has 130 heavy (non-hydrogen) atoms. The van der Waals surface area contributed by atoms with E-state index in [0.29, 0.717) is 105 Å². The summed E-state index contributed by atoms with van der Waals surface area (Å²) < 4.78 is 0. The van der Waals surface area contributed by atoms with Gasteiger partial charge < -0.3 is 93.6 Å². The van der Waals surface area contributed by atoms with Gasteiger partial charge in [-0.1, -0.05) is 212 Å². The smallest absolute Gasteiger partial charge is 0.243 e. The van der Waals surface area contributed by atoms with Crippen molar-refractivity contribution in [2.75, 3.05) is 144 Å². The van der Waals surface area contributed by atoms with Crippen LogP contribution in [0.15, 0.2) is 212 Å². The monoisotopic (exact) mass is 1790 g/mol. The fraction of sp³-hybridized carbons (Fsp3) is 0.460. The van der Waals surface area contributed by atoms with Gasteiger partial charge in [0.25, 0.3) is 0 Å². The van der Waals surface area contributed by atoms with Gasteiger partial charge in [0, 0.05) is 38.8 Å². The SMILES string of the molecule is C[C@H](NCC(=O)N(CCCCN)CC(=O)N(CC(=O)N(CC(=O)N(CCCCN)CC(=O)N(CCCCN)CC(=O)N(CC(=O)N(CCCCN)CC(=O)N(CC(=O)N(CC(=O)N(CCCCN)CC(=O)N(CC(N)=O)[C@@H](C)c1ccccc1)[C@@H](C)c1ccccc1)[C@@H](C)c1ccccc1)[C@@H](C)c1ccccc1)[C@@H](C)c1ccccc1)[C@@H](C)c1ccccc1)c1ccccc1. The number of carbonyl (C=O) groups is 12. The number of hydrogen-bond donors (Lipinski definition) is 7. The van der Waals surface area contributed by atoms with Crippen molar-refractivity contribution in [2.45, 2.75) is 155 Å². The van der Waals surface area contributed by atoms with Gasteiger partial charge in [-0.15, -0.1) is 0 Å². The number of carbonyl (C=O) groups excluding carboxylic acids is 12. The molecule has 0 spiro atoms. The number of amides is 12. The summed E-state index contributed by atoms with van der Waals surface area (Å²) in [4.78, 5) is 197. The minimum absolute atomic E-state index is 0.00538. The Kier molecular flexibility index (Phi) is 45.6. The Hall–Kier alpha value is -12.1. The zero-order valence-electron chi connectivity index (χ0n) is 77.2. The molecule has 0 radical (unpaired) electrons. The average molecular weight is 1790 g/mol. The van der Waals surface area contributed by atoms with Gasteiger partial charge in [0.1, 0.15) is 32.7 Å². The van der Waals surface area contributed by atoms with Crippen LogP contribution in [-0.4, -0.2) is 269 Å². The number of hydrogen-bond acceptors (Lipinski definition) is 18. The van der Waals surface area contributed by atoms with Gasteiger partial charge in [-0.3, -0.25) is 57.5 Å². The zero-order chi connectivity index (χ0) is 94.4. The Labute approximate surface area is 768 Å². The number of benzene rings is 7. The summed E-state index contributed by atoms with van der Waals surface area (Å²) in [5.41, 5.74) is 40.9. The molecule has 0 aromatic heterocycles. The van der Waals surface area contributed by atoms with Gasteiger partial charge in [-0.05, 0) is 184 Å². The second-order valence-corrected chi connectivity index (χ2v) is 33.2. The van der Waals surface area contributed by atoms with Crippen LogP contribution in [0.2, 0.25) is 0 Å². The first-order valence-electron chi connectivity index (χ1n) is 45.7. The largest absolute Gasteiger partial charge is 0.368 e. The van der Waals surface area contributed by atoms with Crippen LogP contribution >= 0.6 is 0 Å². The van der Waals surface area contributed by atoms with Crippen molar-refractivity contribution >= 4 is 70.9 Å². The van der Waals surface area contributed by atoms with Gasteiger partial charge in [0.05, 0.1) is 82.1 Å². The van der Waals surface area contributed by atoms with Crippen LogP contribution in [0.5, 0.6) is 0 Å². The maximum atomic E-state index is 15.8. The minimum Gasteiger partial charge on any atom is -0.368 e. The van der Waals surface area contributed by atoms with Crippen LogP contribution in [0.25, 0.3) is 0 Å². The van der Waals surface area contributed by atoms with Crippen molar-refractivity contribution in [2.24, 2.45) is 34.4 Å². The normalized spacial score (nSPS) is 12.7. The van der Waals surface area contributed by atoms with Gasteiger partial charge >= 0.3 is 0 Å². The highest BCUT2D eigenvalue weighted by Gasteiger charge is 2.38. The third-order valence-corrected chi connectivity index (χ3v) is 23.9. The molecule has 0 aliphatic heterocycles. The van der Waals surface area contributed by atoms with E-state index in [1.54, 1.807) is 102 Å². The number of nitrogens with two attached hydrogens (primary N) is 6. The Morgan fingerprint density at radius 1 is 0.223 bits per heavy atom. The molecule has 0 aliphatic rings. The van der Waals surface area contributed by atoms with Crippen LogP contribution < -0.4 is 39.7 Å². The maximum absolute atomic E-state index is 15.8. The molecule has 0 aliphatic carbocycles. The van der Waals surface area contributed by atoms with Crippen LogP contribution in [0.4, 0.5) is 0 Å². The summed E-state index contributed by atoms with van der Waals surface area (Å²) in [5, 5.41) is 3.31. The Bertz CT molecular complexity index is 4630. The lowest BCUT2D eigenvalue weighted by molar-refractivity contribution is -0.151. The second kappa shape index (κ2) is 56.4. The molecule has 0 saturated carbocycles. The third-order valence-electron chi connectivity index (χ3n) is 23.9. The number of nitrogens with zero attached hydrogens (tertiary/aromatic N) is 11. The number of primary amides is 1. The Morgan fingerprint density at radius 2 is 0.392 bits per heavy atom. The van der Waals surface area contributed by atoms with Crippen molar-refractivity contribution in [3.8, 4) is 0 Å². The Balaban J connectivity index is 1.20. The lowest BCUT2D eigenvalue weighted by atomic mass is 10.1. The van der Waals surface area contributed by atoms with E-state index in [1.807, 2.05) is 159 Å². The molecule has 12 amide bonds. The van der Waals surface area contributed by atoms with E-state index in [4.69, 9.17) is 34.4 Å². The van der Waals surface area contributed by atoms with Crippen molar-refractivity contribution in [1.29, 1.82) is 0 Å². The van der Waals surface area contributed by atoms with Gasteiger partial charge in [-0.25, -0.2) is 0 Å². The zero-order valence-corrected chi connectivity index (χ0v) is 77.2. The van der Waals surface area contributed by atoms with Crippen molar-refractivity contribution in [3.63, 3.8) is 0 Å². The summed E-state index contributed by atoms with van der Waals surface area (Å²) in [5.74, 6) is -7.24. The number of nitrogens with one attached hydrogen (secondary N) is 1. The van der Waals surface area contributed by atoms with Gasteiger partial charge in [-0.2, -0.15) is 0 Å². The molecule has 7 rings (SSSR count). The third kappa shape index (κ3) is 33.5. The molecule has 13 N–H and O–H groups in total. The minimum atomic E-state index is -0.833. The van der Waals surface area contributed by atoms with Gasteiger partial charge in [0.2, 0.25) is 70.9 Å². The molecule has 0 fully saturated rings. The summed E-state index contributed by atoms with van der Waals surface area (Å²) in [6.07, 6.45) is 4.33. The second-order valence-electron chi connectivity index (χ2n) is 33.2. The highest BCUT2D eigenvalue weighted by molar-refractivity contribution is 5.96. The first-order chi connectivity index (χ1) is 62.6. The summed E-state index contributed by atoms with van der Waals surface area (Å²) >= 11 is 0. The molecule has 7 aromatic carbocycles. The lowest BCUT2D eigenvalue weighted by Crippen LogP contribution is -2.53. The van der Waals surface area contributed by atoms with Crippen LogP contribution in [0.1, 0.15) is 194 Å². The highest BCUT2D eigenvalue weighted by atomic mass is 16.2. The van der Waals surface area contributed by atoms with E-state index in [-0.39, 0.29) is 77.4 Å². The van der Waals surface area contributed by atoms with Crippen molar-refractivity contribution in [3.05, 3.63) is 251 Å². The Morgan fingerprint density at radius 3 is 0.600 bits per heavy atom. The number of rotatable bonds is 58.